The third-order valence-corrected chi connectivity index (χ3v) is 3.38. The van der Waals surface area contributed by atoms with Crippen molar-refractivity contribution in [3.8, 4) is 0 Å². The molecule has 0 radical (unpaired) electrons. The maximum atomic E-state index is 11.7. The molecule has 1 rings (SSSR count). The van der Waals surface area contributed by atoms with Crippen molar-refractivity contribution >= 4 is 30.7 Å². The zero-order valence-electron chi connectivity index (χ0n) is 12.1. The first-order valence-electron chi connectivity index (χ1n) is 6.54. The lowest BCUT2D eigenvalue weighted by Gasteiger charge is -2.33. The van der Waals surface area contributed by atoms with E-state index in [9.17, 15) is 4.79 Å². The highest BCUT2D eigenvalue weighted by Gasteiger charge is 2.17. The molecule has 1 heterocycles. The van der Waals surface area contributed by atoms with E-state index in [1.165, 1.54) is 0 Å². The Bertz CT molecular complexity index is 236. The van der Waals surface area contributed by atoms with E-state index in [0.29, 0.717) is 19.1 Å². The Morgan fingerprint density at radius 1 is 1.16 bits per heavy atom. The molecule has 0 aliphatic carbocycles. The van der Waals surface area contributed by atoms with E-state index in [1.807, 2.05) is 7.05 Å². The fraction of sp³-hybridized carbons (Fsp3) is 0.917. The van der Waals surface area contributed by atoms with Crippen LogP contribution in [0.25, 0.3) is 0 Å². The van der Waals surface area contributed by atoms with Crippen LogP contribution in [0.3, 0.4) is 0 Å². The topological polar surface area (TPSA) is 47.6 Å². The van der Waals surface area contributed by atoms with E-state index in [2.05, 4.69) is 34.3 Å². The van der Waals surface area contributed by atoms with Gasteiger partial charge in [0.05, 0.1) is 6.54 Å². The van der Waals surface area contributed by atoms with Crippen LogP contribution in [-0.4, -0.2) is 74.6 Å². The summed E-state index contributed by atoms with van der Waals surface area (Å²) in [5.41, 5.74) is 0. The van der Waals surface area contributed by atoms with Gasteiger partial charge in [0.25, 0.3) is 0 Å². The number of likely N-dealkylation sites (N-methyl/N-ethyl adjacent to an activating group) is 2. The molecule has 1 aliphatic rings. The lowest BCUT2D eigenvalue weighted by molar-refractivity contribution is -0.122. The second kappa shape index (κ2) is 11.7. The van der Waals surface area contributed by atoms with Gasteiger partial charge in [0.1, 0.15) is 0 Å². The minimum absolute atomic E-state index is 0. The van der Waals surface area contributed by atoms with Gasteiger partial charge in [-0.05, 0) is 20.5 Å². The van der Waals surface area contributed by atoms with Crippen molar-refractivity contribution in [2.75, 3.05) is 52.9 Å². The summed E-state index contributed by atoms with van der Waals surface area (Å²) >= 11 is 0. The van der Waals surface area contributed by atoms with Gasteiger partial charge in [0.2, 0.25) is 5.91 Å². The van der Waals surface area contributed by atoms with Gasteiger partial charge in [0.15, 0.2) is 0 Å². The molecule has 0 aromatic rings. The number of hydrogen-bond acceptors (Lipinski definition) is 4. The summed E-state index contributed by atoms with van der Waals surface area (Å²) in [4.78, 5) is 16.3. The highest BCUT2D eigenvalue weighted by Crippen LogP contribution is 2.00. The lowest BCUT2D eigenvalue weighted by Crippen LogP contribution is -2.50. The van der Waals surface area contributed by atoms with E-state index >= 15 is 0 Å². The lowest BCUT2D eigenvalue weighted by atomic mass is 10.3. The summed E-state index contributed by atoms with van der Waals surface area (Å²) in [5, 5.41) is 6.05. The molecule has 1 aliphatic heterocycles. The molecule has 7 heteroatoms. The van der Waals surface area contributed by atoms with Crippen molar-refractivity contribution < 1.29 is 4.79 Å². The van der Waals surface area contributed by atoms with Crippen molar-refractivity contribution in [3.63, 3.8) is 0 Å². The molecule has 1 unspecified atom stereocenters. The number of rotatable bonds is 6. The van der Waals surface area contributed by atoms with E-state index in [1.54, 1.807) is 0 Å². The number of carbonyl (C=O) groups excluding carboxylic acids is 1. The number of nitrogens with zero attached hydrogens (tertiary/aromatic N) is 2. The molecule has 1 fully saturated rings. The smallest absolute Gasteiger partial charge is 0.234 e. The zero-order valence-corrected chi connectivity index (χ0v) is 13.8. The van der Waals surface area contributed by atoms with Crippen molar-refractivity contribution in [2.45, 2.75) is 19.9 Å². The first kappa shape index (κ1) is 21.2. The average Bonchev–Trinajstić information content (AvgIpc) is 2.36. The third kappa shape index (κ3) is 8.65. The first-order valence-corrected chi connectivity index (χ1v) is 6.54. The normalized spacial score (nSPS) is 18.1. The Kier molecular flexibility index (Phi) is 13.1. The number of hydrogen-bond donors (Lipinski definition) is 2. The van der Waals surface area contributed by atoms with Crippen molar-refractivity contribution in [3.05, 3.63) is 0 Å². The van der Waals surface area contributed by atoms with Crippen molar-refractivity contribution in [2.24, 2.45) is 0 Å². The number of piperazine rings is 1. The largest absolute Gasteiger partial charge is 0.353 e. The number of halogens is 2. The average molecular weight is 315 g/mol. The Balaban J connectivity index is 0. The number of amides is 1. The number of carbonyl (C=O) groups is 1. The standard InChI is InChI=1S/C12H26N4O.2ClH/c1-4-15-5-7-16(8-6-15)10-12(17)14-9-11(2)13-3;;/h11,13H,4-10H2,1-3H3,(H,14,17);2*1H. The van der Waals surface area contributed by atoms with Crippen LogP contribution in [0.15, 0.2) is 0 Å². The second-order valence-electron chi connectivity index (χ2n) is 4.70. The third-order valence-electron chi connectivity index (χ3n) is 3.38. The second-order valence-corrected chi connectivity index (χ2v) is 4.70. The van der Waals surface area contributed by atoms with Crippen LogP contribution in [0.2, 0.25) is 0 Å². The minimum atomic E-state index is 0. The molecule has 0 bridgehead atoms. The predicted octanol–water partition coefficient (Wildman–Crippen LogP) is 0.192. The van der Waals surface area contributed by atoms with Gasteiger partial charge in [-0.2, -0.15) is 0 Å². The molecule has 0 aromatic carbocycles. The Labute approximate surface area is 129 Å². The maximum Gasteiger partial charge on any atom is 0.234 e. The predicted molar refractivity (Wildman–Crippen MR) is 84.6 cm³/mol. The Morgan fingerprint density at radius 2 is 1.68 bits per heavy atom. The Hall–Kier alpha value is -0.0700. The zero-order chi connectivity index (χ0) is 12.7. The summed E-state index contributed by atoms with van der Waals surface area (Å²) in [7, 11) is 1.90. The molecule has 1 saturated heterocycles. The van der Waals surface area contributed by atoms with Crippen molar-refractivity contribution in [1.82, 2.24) is 20.4 Å². The highest BCUT2D eigenvalue weighted by atomic mass is 35.5. The molecule has 116 valence electrons. The van der Waals surface area contributed by atoms with Crippen LogP contribution in [0.5, 0.6) is 0 Å². The molecule has 1 atom stereocenters. The first-order chi connectivity index (χ1) is 8.15. The minimum Gasteiger partial charge on any atom is -0.353 e. The van der Waals surface area contributed by atoms with Crippen molar-refractivity contribution in [1.29, 1.82) is 0 Å². The van der Waals surface area contributed by atoms with Gasteiger partial charge in [-0.25, -0.2) is 0 Å². The summed E-state index contributed by atoms with van der Waals surface area (Å²) in [5.74, 6) is 0.136. The van der Waals surface area contributed by atoms with Crippen LogP contribution in [0.1, 0.15) is 13.8 Å². The van der Waals surface area contributed by atoms with Crippen LogP contribution in [0.4, 0.5) is 0 Å². The van der Waals surface area contributed by atoms with Gasteiger partial charge < -0.3 is 15.5 Å². The summed E-state index contributed by atoms with van der Waals surface area (Å²) in [6.07, 6.45) is 0. The van der Waals surface area contributed by atoms with E-state index in [-0.39, 0.29) is 30.7 Å². The van der Waals surface area contributed by atoms with Gasteiger partial charge >= 0.3 is 0 Å². The number of nitrogens with one attached hydrogen (secondary N) is 2. The molecule has 1 amide bonds. The quantitative estimate of drug-likeness (QED) is 0.735. The van der Waals surface area contributed by atoms with E-state index < -0.39 is 0 Å². The SMILES string of the molecule is CCN1CCN(CC(=O)NCC(C)NC)CC1.Cl.Cl. The monoisotopic (exact) mass is 314 g/mol. The molecular weight excluding hydrogens is 287 g/mol. The van der Waals surface area contributed by atoms with Gasteiger partial charge in [-0.15, -0.1) is 24.8 Å². The summed E-state index contributed by atoms with van der Waals surface area (Å²) in [6.45, 7) is 10.7. The fourth-order valence-corrected chi connectivity index (χ4v) is 1.89. The van der Waals surface area contributed by atoms with Crippen LogP contribution in [0, 0.1) is 0 Å². The molecule has 5 nitrogen and oxygen atoms in total. The Morgan fingerprint density at radius 3 is 2.16 bits per heavy atom. The van der Waals surface area contributed by atoms with Gasteiger partial charge in [-0.1, -0.05) is 6.92 Å². The van der Waals surface area contributed by atoms with E-state index in [4.69, 9.17) is 0 Å². The van der Waals surface area contributed by atoms with Crippen LogP contribution in [-0.2, 0) is 4.79 Å². The highest BCUT2D eigenvalue weighted by molar-refractivity contribution is 5.85. The molecular formula is C12H28Cl2N4O. The van der Waals surface area contributed by atoms with Gasteiger partial charge in [-0.3, -0.25) is 9.69 Å². The van der Waals surface area contributed by atoms with Gasteiger partial charge in [0, 0.05) is 38.8 Å². The molecule has 0 aromatic heterocycles. The molecule has 0 saturated carbocycles. The molecule has 19 heavy (non-hydrogen) atoms. The van der Waals surface area contributed by atoms with E-state index in [0.717, 1.165) is 32.7 Å². The molecule has 0 spiro atoms. The summed E-state index contributed by atoms with van der Waals surface area (Å²) in [6, 6.07) is 0.330. The fourth-order valence-electron chi connectivity index (χ4n) is 1.89. The molecule has 2 N–H and O–H groups in total. The van der Waals surface area contributed by atoms with Crippen LogP contribution >= 0.6 is 24.8 Å². The summed E-state index contributed by atoms with van der Waals surface area (Å²) < 4.78 is 0. The van der Waals surface area contributed by atoms with Crippen LogP contribution < -0.4 is 10.6 Å². The maximum absolute atomic E-state index is 11.7.